The molecule has 1 N–H and O–H groups in total. The number of nitrogens with one attached hydrogen (secondary N) is 1. The van der Waals surface area contributed by atoms with E-state index >= 15 is 0 Å². The number of hydrogen-bond donors (Lipinski definition) is 1. The number of aryl methyl sites for hydroxylation is 3. The van der Waals surface area contributed by atoms with Crippen molar-refractivity contribution in [2.75, 3.05) is 0 Å². The Labute approximate surface area is 105 Å². The monoisotopic (exact) mass is 248 g/mol. The van der Waals surface area contributed by atoms with Crippen LogP contribution in [0.3, 0.4) is 0 Å². The van der Waals surface area contributed by atoms with Gasteiger partial charge in [-0.25, -0.2) is 4.98 Å². The number of rotatable bonds is 4. The van der Waals surface area contributed by atoms with E-state index in [1.165, 1.54) is 6.39 Å². The third kappa shape index (κ3) is 2.45. The van der Waals surface area contributed by atoms with Crippen molar-refractivity contribution in [2.24, 2.45) is 0 Å². The molecule has 0 unspecified atom stereocenters. The molecule has 0 aliphatic heterocycles. The first-order valence-corrected chi connectivity index (χ1v) is 5.88. The standard InChI is InChI=1S/C13H16N2O3/c1-4-11-8(2)5-12(18-11)13(16)14-6-10-9(3)17-7-15-10/h5,7H,4,6H2,1-3H3,(H,14,16). The molecule has 5 nitrogen and oxygen atoms in total. The van der Waals surface area contributed by atoms with Gasteiger partial charge in [-0.15, -0.1) is 0 Å². The second-order valence-electron chi connectivity index (χ2n) is 4.11. The van der Waals surface area contributed by atoms with Crippen LogP contribution in [0.5, 0.6) is 0 Å². The summed E-state index contributed by atoms with van der Waals surface area (Å²) in [7, 11) is 0. The van der Waals surface area contributed by atoms with Gasteiger partial charge in [-0.1, -0.05) is 6.92 Å². The lowest BCUT2D eigenvalue weighted by molar-refractivity contribution is 0.0921. The lowest BCUT2D eigenvalue weighted by Gasteiger charge is -2.00. The van der Waals surface area contributed by atoms with Gasteiger partial charge in [0.1, 0.15) is 17.2 Å². The number of oxazole rings is 1. The summed E-state index contributed by atoms with van der Waals surface area (Å²) >= 11 is 0. The minimum Gasteiger partial charge on any atom is -0.456 e. The van der Waals surface area contributed by atoms with Crippen molar-refractivity contribution in [3.8, 4) is 0 Å². The molecule has 2 aromatic rings. The predicted molar refractivity (Wildman–Crippen MR) is 65.2 cm³/mol. The van der Waals surface area contributed by atoms with Gasteiger partial charge in [0.05, 0.1) is 6.54 Å². The predicted octanol–water partition coefficient (Wildman–Crippen LogP) is 2.38. The Morgan fingerprint density at radius 3 is 2.78 bits per heavy atom. The van der Waals surface area contributed by atoms with Crippen molar-refractivity contribution in [2.45, 2.75) is 33.7 Å². The summed E-state index contributed by atoms with van der Waals surface area (Å²) in [6, 6.07) is 1.75. The van der Waals surface area contributed by atoms with Crippen molar-refractivity contribution in [3.05, 3.63) is 41.0 Å². The van der Waals surface area contributed by atoms with Crippen LogP contribution < -0.4 is 5.32 Å². The Kier molecular flexibility index (Phi) is 3.50. The van der Waals surface area contributed by atoms with Gasteiger partial charge in [0.15, 0.2) is 12.2 Å². The zero-order valence-corrected chi connectivity index (χ0v) is 10.7. The first-order valence-electron chi connectivity index (χ1n) is 5.88. The molecule has 1 amide bonds. The van der Waals surface area contributed by atoms with Crippen LogP contribution in [0.4, 0.5) is 0 Å². The third-order valence-corrected chi connectivity index (χ3v) is 2.83. The molecule has 0 saturated heterocycles. The molecular weight excluding hydrogens is 232 g/mol. The minimum atomic E-state index is -0.236. The maximum Gasteiger partial charge on any atom is 0.287 e. The molecule has 0 atom stereocenters. The van der Waals surface area contributed by atoms with Gasteiger partial charge < -0.3 is 14.2 Å². The summed E-state index contributed by atoms with van der Waals surface area (Å²) in [5.74, 6) is 1.66. The molecule has 2 heterocycles. The number of carbonyl (C=O) groups is 1. The maximum absolute atomic E-state index is 11.9. The number of nitrogens with zero attached hydrogens (tertiary/aromatic N) is 1. The van der Waals surface area contributed by atoms with Crippen molar-refractivity contribution in [3.63, 3.8) is 0 Å². The van der Waals surface area contributed by atoms with Crippen LogP contribution in [0, 0.1) is 13.8 Å². The number of amides is 1. The van der Waals surface area contributed by atoms with E-state index < -0.39 is 0 Å². The van der Waals surface area contributed by atoms with Crippen LogP contribution in [-0.4, -0.2) is 10.9 Å². The molecule has 0 fully saturated rings. The molecule has 2 aromatic heterocycles. The van der Waals surface area contributed by atoms with E-state index in [-0.39, 0.29) is 5.91 Å². The number of carbonyl (C=O) groups excluding carboxylic acids is 1. The normalized spacial score (nSPS) is 10.6. The molecule has 2 rings (SSSR count). The molecular formula is C13H16N2O3. The van der Waals surface area contributed by atoms with E-state index in [1.54, 1.807) is 13.0 Å². The van der Waals surface area contributed by atoms with E-state index in [2.05, 4.69) is 10.3 Å². The summed E-state index contributed by atoms with van der Waals surface area (Å²) in [4.78, 5) is 15.9. The summed E-state index contributed by atoms with van der Waals surface area (Å²) in [6.45, 7) is 6.07. The number of hydrogen-bond acceptors (Lipinski definition) is 4. The van der Waals surface area contributed by atoms with E-state index in [0.29, 0.717) is 18.1 Å². The zero-order valence-electron chi connectivity index (χ0n) is 10.7. The molecule has 0 aromatic carbocycles. The van der Waals surface area contributed by atoms with Crippen molar-refractivity contribution >= 4 is 5.91 Å². The smallest absolute Gasteiger partial charge is 0.287 e. The fraction of sp³-hybridized carbons (Fsp3) is 0.385. The molecule has 0 radical (unpaired) electrons. The van der Waals surface area contributed by atoms with E-state index in [9.17, 15) is 4.79 Å². The minimum absolute atomic E-state index is 0.236. The first-order chi connectivity index (χ1) is 8.61. The Morgan fingerprint density at radius 1 is 1.44 bits per heavy atom. The molecule has 0 spiro atoms. The summed E-state index contributed by atoms with van der Waals surface area (Å²) in [5.41, 5.74) is 1.72. The van der Waals surface area contributed by atoms with Crippen LogP contribution in [0.15, 0.2) is 21.3 Å². The quantitative estimate of drug-likeness (QED) is 0.901. The van der Waals surface area contributed by atoms with E-state index in [4.69, 9.17) is 8.83 Å². The highest BCUT2D eigenvalue weighted by Gasteiger charge is 2.14. The molecule has 18 heavy (non-hydrogen) atoms. The summed E-state index contributed by atoms with van der Waals surface area (Å²) in [6.07, 6.45) is 2.14. The first kappa shape index (κ1) is 12.4. The number of aromatic nitrogens is 1. The number of furan rings is 1. The fourth-order valence-electron chi connectivity index (χ4n) is 1.73. The largest absolute Gasteiger partial charge is 0.456 e. The Morgan fingerprint density at radius 2 is 2.22 bits per heavy atom. The lowest BCUT2D eigenvalue weighted by Crippen LogP contribution is -2.22. The van der Waals surface area contributed by atoms with Gasteiger partial charge in [-0.05, 0) is 25.5 Å². The van der Waals surface area contributed by atoms with E-state index in [0.717, 1.165) is 23.4 Å². The van der Waals surface area contributed by atoms with Crippen LogP contribution in [0.1, 0.15) is 40.3 Å². The second kappa shape index (κ2) is 5.08. The van der Waals surface area contributed by atoms with Gasteiger partial charge in [0.25, 0.3) is 5.91 Å². The van der Waals surface area contributed by atoms with Gasteiger partial charge in [0.2, 0.25) is 0 Å². The van der Waals surface area contributed by atoms with Crippen molar-refractivity contribution in [1.82, 2.24) is 10.3 Å². The SMILES string of the molecule is CCc1oc(C(=O)NCc2ncoc2C)cc1C. The van der Waals surface area contributed by atoms with Crippen LogP contribution >= 0.6 is 0 Å². The molecule has 0 bridgehead atoms. The lowest BCUT2D eigenvalue weighted by atomic mass is 10.2. The molecule has 5 heteroatoms. The topological polar surface area (TPSA) is 68.3 Å². The van der Waals surface area contributed by atoms with Gasteiger partial charge in [-0.3, -0.25) is 4.79 Å². The second-order valence-corrected chi connectivity index (χ2v) is 4.11. The fourth-order valence-corrected chi connectivity index (χ4v) is 1.73. The van der Waals surface area contributed by atoms with Crippen LogP contribution in [-0.2, 0) is 13.0 Å². The van der Waals surface area contributed by atoms with Crippen molar-refractivity contribution in [1.29, 1.82) is 0 Å². The summed E-state index contributed by atoms with van der Waals surface area (Å²) in [5, 5.41) is 2.75. The highest BCUT2D eigenvalue weighted by molar-refractivity contribution is 5.91. The third-order valence-electron chi connectivity index (χ3n) is 2.83. The van der Waals surface area contributed by atoms with Crippen molar-refractivity contribution < 1.29 is 13.6 Å². The molecule has 0 aliphatic rings. The average molecular weight is 248 g/mol. The Balaban J connectivity index is 2.01. The van der Waals surface area contributed by atoms with Gasteiger partial charge >= 0.3 is 0 Å². The Bertz CT molecular complexity index is 554. The zero-order chi connectivity index (χ0) is 13.1. The van der Waals surface area contributed by atoms with Gasteiger partial charge in [-0.2, -0.15) is 0 Å². The molecule has 0 saturated carbocycles. The highest BCUT2D eigenvalue weighted by Crippen LogP contribution is 2.15. The average Bonchev–Trinajstić information content (AvgIpc) is 2.92. The summed E-state index contributed by atoms with van der Waals surface area (Å²) < 4.78 is 10.5. The maximum atomic E-state index is 11.9. The van der Waals surface area contributed by atoms with Gasteiger partial charge in [0, 0.05) is 6.42 Å². The Hall–Kier alpha value is -2.04. The van der Waals surface area contributed by atoms with E-state index in [1.807, 2.05) is 13.8 Å². The van der Waals surface area contributed by atoms with Crippen LogP contribution in [0.2, 0.25) is 0 Å². The highest BCUT2D eigenvalue weighted by atomic mass is 16.4. The molecule has 0 aliphatic carbocycles. The van der Waals surface area contributed by atoms with Crippen LogP contribution in [0.25, 0.3) is 0 Å². The molecule has 96 valence electrons.